The normalized spacial score (nSPS) is 12.3. The molecule has 2 N–H and O–H groups in total. The molecule has 2 amide bonds. The zero-order chi connectivity index (χ0) is 24.6. The third-order valence-corrected chi connectivity index (χ3v) is 5.92. The molecule has 0 aliphatic carbocycles. The Hall–Kier alpha value is -2.07. The second-order valence-electron chi connectivity index (χ2n) is 7.08. The van der Waals surface area contributed by atoms with E-state index in [0.29, 0.717) is 5.56 Å². The molecule has 178 valence electrons. The summed E-state index contributed by atoms with van der Waals surface area (Å²) in [6, 6.07) is 12.0. The summed E-state index contributed by atoms with van der Waals surface area (Å²) in [6.07, 6.45) is -4.55. The number of hydrogen-bond acceptors (Lipinski definition) is 5. The van der Waals surface area contributed by atoms with Gasteiger partial charge in [0.2, 0.25) is 11.7 Å². The molecular weight excluding hydrogens is 500 g/mol. The van der Waals surface area contributed by atoms with Crippen LogP contribution in [0, 0.1) is 0 Å². The summed E-state index contributed by atoms with van der Waals surface area (Å²) in [5, 5.41) is 0.448. The van der Waals surface area contributed by atoms with Gasteiger partial charge < -0.3 is 5.73 Å². The highest BCUT2D eigenvalue weighted by molar-refractivity contribution is 7.99. The third kappa shape index (κ3) is 8.66. The van der Waals surface area contributed by atoms with Crippen molar-refractivity contribution in [2.75, 3.05) is 16.4 Å². The predicted molar refractivity (Wildman–Crippen MR) is 125 cm³/mol. The molecule has 2 aromatic rings. The second kappa shape index (κ2) is 12.4. The highest BCUT2D eigenvalue weighted by atomic mass is 35.5. The van der Waals surface area contributed by atoms with Gasteiger partial charge in [0, 0.05) is 10.0 Å². The molecule has 0 bridgehead atoms. The summed E-state index contributed by atoms with van der Waals surface area (Å²) in [7, 11) is 0. The number of rotatable bonds is 10. The first-order valence-electron chi connectivity index (χ1n) is 9.79. The molecule has 0 radical (unpaired) electrons. The van der Waals surface area contributed by atoms with Crippen molar-refractivity contribution < 1.29 is 27.6 Å². The van der Waals surface area contributed by atoms with Crippen LogP contribution in [-0.4, -0.2) is 41.3 Å². The van der Waals surface area contributed by atoms with E-state index in [4.69, 9.17) is 28.9 Å². The minimum atomic E-state index is -4.86. The number of imide groups is 1. The van der Waals surface area contributed by atoms with Crippen LogP contribution >= 0.6 is 35.0 Å². The largest absolute Gasteiger partial charge is 0.450 e. The summed E-state index contributed by atoms with van der Waals surface area (Å²) in [4.78, 5) is 38.0. The number of anilines is 1. The summed E-state index contributed by atoms with van der Waals surface area (Å²) < 4.78 is 36.7. The van der Waals surface area contributed by atoms with Gasteiger partial charge in [-0.2, -0.15) is 24.9 Å². The molecule has 0 aliphatic rings. The first-order chi connectivity index (χ1) is 15.5. The summed E-state index contributed by atoms with van der Waals surface area (Å²) in [6.45, 7) is 0. The number of alkyl halides is 3. The molecule has 2 aromatic carbocycles. The zero-order valence-electron chi connectivity index (χ0n) is 17.3. The molecule has 11 heteroatoms. The minimum Gasteiger partial charge on any atom is -0.320 e. The van der Waals surface area contributed by atoms with Crippen LogP contribution in [0.4, 0.5) is 18.9 Å². The molecule has 0 aliphatic heterocycles. The van der Waals surface area contributed by atoms with E-state index in [1.165, 1.54) is 18.2 Å². The second-order valence-corrected chi connectivity index (χ2v) is 9.06. The predicted octanol–water partition coefficient (Wildman–Crippen LogP) is 5.07. The number of nitrogens with two attached hydrogens (primary N) is 1. The third-order valence-electron chi connectivity index (χ3n) is 4.44. The molecule has 0 heterocycles. The lowest BCUT2D eigenvalue weighted by Crippen LogP contribution is -2.47. The molecule has 0 spiro atoms. The van der Waals surface area contributed by atoms with Crippen LogP contribution in [0.2, 0.25) is 10.0 Å². The molecule has 1 atom stereocenters. The van der Waals surface area contributed by atoms with Crippen molar-refractivity contribution in [1.29, 1.82) is 0 Å². The Kier molecular flexibility index (Phi) is 10.2. The summed E-state index contributed by atoms with van der Waals surface area (Å²) >= 11 is 12.9. The minimum absolute atomic E-state index is 0.0706. The topological polar surface area (TPSA) is 80.5 Å². The Morgan fingerprint density at radius 1 is 1.03 bits per heavy atom. The molecule has 0 unspecified atom stereocenters. The molecule has 0 aromatic heterocycles. The smallest absolute Gasteiger partial charge is 0.320 e. The molecule has 2 rings (SSSR count). The number of halogens is 5. The van der Waals surface area contributed by atoms with Gasteiger partial charge in [-0.1, -0.05) is 53.5 Å². The Morgan fingerprint density at radius 3 is 2.21 bits per heavy atom. The van der Waals surface area contributed by atoms with Gasteiger partial charge in [0.1, 0.15) is 0 Å². The van der Waals surface area contributed by atoms with Gasteiger partial charge in [0.05, 0.1) is 23.9 Å². The van der Waals surface area contributed by atoms with Crippen molar-refractivity contribution in [2.24, 2.45) is 5.73 Å². The molecule has 0 saturated heterocycles. The molecule has 0 saturated carbocycles. The van der Waals surface area contributed by atoms with Gasteiger partial charge >= 0.3 is 6.18 Å². The lowest BCUT2D eigenvalue weighted by Gasteiger charge is -2.25. The van der Waals surface area contributed by atoms with Crippen LogP contribution < -0.4 is 10.6 Å². The van der Waals surface area contributed by atoms with Crippen molar-refractivity contribution >= 4 is 58.2 Å². The maximum atomic E-state index is 13.1. The van der Waals surface area contributed by atoms with Crippen molar-refractivity contribution in [2.45, 2.75) is 31.5 Å². The molecule has 5 nitrogen and oxygen atoms in total. The fraction of sp³-hybridized carbons (Fsp3) is 0.318. The quantitative estimate of drug-likeness (QED) is 0.442. The van der Waals surface area contributed by atoms with E-state index < -0.39 is 35.6 Å². The Bertz CT molecular complexity index is 970. The lowest BCUT2D eigenvalue weighted by atomic mass is 10.1. The number of benzene rings is 2. The maximum absolute atomic E-state index is 13.1. The van der Waals surface area contributed by atoms with Gasteiger partial charge in [-0.3, -0.25) is 14.4 Å². The standard InChI is InChI=1S/C22H21Cl2F3N2O3S/c23-15-10-16(24)12-17(11-15)29(20(31)9-14-5-2-1-3-6-14)21(32)18(28)7-4-8-33-13-19(30)22(25,26)27/h1-3,5-6,10-12,18H,4,7-9,13,28H2/t18-/m0/s1. The van der Waals surface area contributed by atoms with Crippen molar-refractivity contribution in [1.82, 2.24) is 0 Å². The highest BCUT2D eigenvalue weighted by Gasteiger charge is 2.37. The summed E-state index contributed by atoms with van der Waals surface area (Å²) in [5.74, 6) is -3.54. The van der Waals surface area contributed by atoms with Crippen LogP contribution in [-0.2, 0) is 20.8 Å². The number of hydrogen-bond donors (Lipinski definition) is 1. The van der Waals surface area contributed by atoms with Crippen molar-refractivity contribution in [3.8, 4) is 0 Å². The number of ketones is 1. The Labute approximate surface area is 203 Å². The first kappa shape index (κ1) is 27.2. The monoisotopic (exact) mass is 520 g/mol. The SMILES string of the molecule is N[C@@H](CCCSCC(=O)C(F)(F)F)C(=O)N(C(=O)Cc1ccccc1)c1cc(Cl)cc(Cl)c1. The van der Waals surface area contributed by atoms with E-state index in [2.05, 4.69) is 0 Å². The fourth-order valence-corrected chi connectivity index (χ4v) is 4.23. The average molecular weight is 521 g/mol. The van der Waals surface area contributed by atoms with Crippen LogP contribution in [0.25, 0.3) is 0 Å². The highest BCUT2D eigenvalue weighted by Crippen LogP contribution is 2.27. The number of nitrogens with zero attached hydrogens (tertiary/aromatic N) is 1. The zero-order valence-corrected chi connectivity index (χ0v) is 19.6. The maximum Gasteiger partial charge on any atom is 0.450 e. The van der Waals surface area contributed by atoms with E-state index in [9.17, 15) is 27.6 Å². The van der Waals surface area contributed by atoms with Crippen molar-refractivity contribution in [3.63, 3.8) is 0 Å². The van der Waals surface area contributed by atoms with Gasteiger partial charge in [-0.15, -0.1) is 0 Å². The fourth-order valence-electron chi connectivity index (χ4n) is 2.85. The van der Waals surface area contributed by atoms with Gasteiger partial charge in [-0.05, 0) is 42.4 Å². The van der Waals surface area contributed by atoms with Crippen molar-refractivity contribution in [3.05, 3.63) is 64.1 Å². The van der Waals surface area contributed by atoms with E-state index in [-0.39, 0.29) is 40.7 Å². The average Bonchev–Trinajstić information content (AvgIpc) is 2.72. The lowest BCUT2D eigenvalue weighted by molar-refractivity contribution is -0.167. The number of carbonyl (C=O) groups excluding carboxylic acids is 3. The van der Waals surface area contributed by atoms with E-state index in [0.717, 1.165) is 16.7 Å². The van der Waals surface area contributed by atoms with Crippen LogP contribution in [0.3, 0.4) is 0 Å². The molecule has 0 fully saturated rings. The van der Waals surface area contributed by atoms with E-state index >= 15 is 0 Å². The van der Waals surface area contributed by atoms with Crippen LogP contribution in [0.15, 0.2) is 48.5 Å². The van der Waals surface area contributed by atoms with Gasteiger partial charge in [-0.25, -0.2) is 4.90 Å². The first-order valence-corrected chi connectivity index (χ1v) is 11.7. The van der Waals surface area contributed by atoms with E-state index in [1.54, 1.807) is 30.3 Å². The summed E-state index contributed by atoms with van der Waals surface area (Å²) in [5.41, 5.74) is 6.86. The number of Topliss-reactive ketones (excluding diaryl/α,β-unsaturated/α-hetero) is 1. The number of carbonyl (C=O) groups is 3. The molecule has 33 heavy (non-hydrogen) atoms. The number of thioether (sulfide) groups is 1. The molecular formula is C22H21Cl2F3N2O3S. The Balaban J connectivity index is 2.08. The number of amides is 2. The van der Waals surface area contributed by atoms with Gasteiger partial charge in [0.25, 0.3) is 5.91 Å². The van der Waals surface area contributed by atoms with Crippen LogP contribution in [0.5, 0.6) is 0 Å². The van der Waals surface area contributed by atoms with Gasteiger partial charge in [0.15, 0.2) is 0 Å². The van der Waals surface area contributed by atoms with Crippen LogP contribution in [0.1, 0.15) is 18.4 Å². The van der Waals surface area contributed by atoms with E-state index in [1.807, 2.05) is 0 Å². The Morgan fingerprint density at radius 2 is 1.64 bits per heavy atom.